The minimum absolute atomic E-state index is 0.0553. The van der Waals surface area contributed by atoms with Crippen LogP contribution in [0.5, 0.6) is 5.75 Å². The van der Waals surface area contributed by atoms with Gasteiger partial charge in [0, 0.05) is 26.2 Å². The number of benzene rings is 1. The standard InChI is InChI=1S/C15H20N4O4/c1-11-2-4-12(5-3-11)23-10-13(20)18-6-8-19(9-7-18)15(22)14(21)17-16/h2-5H,6-10,16H2,1H3,(H,17,21). The van der Waals surface area contributed by atoms with Crippen molar-refractivity contribution in [3.8, 4) is 5.75 Å². The van der Waals surface area contributed by atoms with Gasteiger partial charge in [-0.05, 0) is 19.1 Å². The summed E-state index contributed by atoms with van der Waals surface area (Å²) in [4.78, 5) is 37.9. The average molecular weight is 320 g/mol. The normalized spacial score (nSPS) is 14.3. The molecule has 1 fully saturated rings. The number of nitrogens with zero attached hydrogens (tertiary/aromatic N) is 2. The van der Waals surface area contributed by atoms with Crippen LogP contribution in [-0.4, -0.2) is 60.3 Å². The molecule has 2 rings (SSSR count). The number of rotatable bonds is 3. The Bertz CT molecular complexity index is 580. The van der Waals surface area contributed by atoms with E-state index in [0.29, 0.717) is 31.9 Å². The van der Waals surface area contributed by atoms with Gasteiger partial charge in [0.1, 0.15) is 5.75 Å². The molecule has 1 heterocycles. The fraction of sp³-hybridized carbons (Fsp3) is 0.400. The number of hydrogen-bond acceptors (Lipinski definition) is 5. The predicted octanol–water partition coefficient (Wildman–Crippen LogP) is -0.965. The van der Waals surface area contributed by atoms with Gasteiger partial charge < -0.3 is 14.5 Å². The summed E-state index contributed by atoms with van der Waals surface area (Å²) in [5.74, 6) is 3.88. The molecule has 1 aliphatic rings. The number of carbonyl (C=O) groups is 3. The van der Waals surface area contributed by atoms with Gasteiger partial charge in [0.2, 0.25) is 0 Å². The van der Waals surface area contributed by atoms with E-state index in [4.69, 9.17) is 10.6 Å². The van der Waals surface area contributed by atoms with Crippen LogP contribution in [0.1, 0.15) is 5.56 Å². The number of ether oxygens (including phenoxy) is 1. The van der Waals surface area contributed by atoms with Gasteiger partial charge >= 0.3 is 11.8 Å². The molecule has 0 aromatic heterocycles. The third-order valence-corrected chi connectivity index (χ3v) is 3.63. The Labute approximate surface area is 134 Å². The van der Waals surface area contributed by atoms with Crippen molar-refractivity contribution in [3.05, 3.63) is 29.8 Å². The summed E-state index contributed by atoms with van der Waals surface area (Å²) in [5, 5.41) is 0. The minimum Gasteiger partial charge on any atom is -0.484 e. The van der Waals surface area contributed by atoms with E-state index >= 15 is 0 Å². The van der Waals surface area contributed by atoms with Gasteiger partial charge in [0.05, 0.1) is 0 Å². The van der Waals surface area contributed by atoms with Crippen LogP contribution in [0, 0.1) is 6.92 Å². The van der Waals surface area contributed by atoms with Crippen LogP contribution in [0.25, 0.3) is 0 Å². The number of aryl methyl sites for hydroxylation is 1. The van der Waals surface area contributed by atoms with Crippen LogP contribution in [0.4, 0.5) is 0 Å². The lowest BCUT2D eigenvalue weighted by Gasteiger charge is -2.34. The Hall–Kier alpha value is -2.61. The Balaban J connectivity index is 1.78. The number of carbonyl (C=O) groups excluding carboxylic acids is 3. The fourth-order valence-electron chi connectivity index (χ4n) is 2.24. The summed E-state index contributed by atoms with van der Waals surface area (Å²) < 4.78 is 5.45. The first-order chi connectivity index (χ1) is 11.0. The van der Waals surface area contributed by atoms with Crippen molar-refractivity contribution in [2.45, 2.75) is 6.92 Å². The number of hydrogen-bond donors (Lipinski definition) is 2. The second-order valence-corrected chi connectivity index (χ2v) is 5.25. The zero-order valence-electron chi connectivity index (χ0n) is 12.9. The summed E-state index contributed by atoms with van der Waals surface area (Å²) >= 11 is 0. The molecule has 1 aromatic rings. The lowest BCUT2D eigenvalue weighted by molar-refractivity contribution is -0.148. The van der Waals surface area contributed by atoms with E-state index in [0.717, 1.165) is 5.56 Å². The number of piperazine rings is 1. The molecule has 23 heavy (non-hydrogen) atoms. The molecule has 0 unspecified atom stereocenters. The van der Waals surface area contributed by atoms with Crippen LogP contribution in [0.15, 0.2) is 24.3 Å². The average Bonchev–Trinajstić information content (AvgIpc) is 2.59. The number of nitrogens with one attached hydrogen (secondary N) is 1. The van der Waals surface area contributed by atoms with Crippen molar-refractivity contribution in [1.82, 2.24) is 15.2 Å². The highest BCUT2D eigenvalue weighted by atomic mass is 16.5. The molecule has 1 aromatic carbocycles. The molecule has 0 radical (unpaired) electrons. The van der Waals surface area contributed by atoms with Gasteiger partial charge in [-0.3, -0.25) is 19.8 Å². The molecule has 1 saturated heterocycles. The van der Waals surface area contributed by atoms with E-state index in [9.17, 15) is 14.4 Å². The van der Waals surface area contributed by atoms with E-state index in [1.165, 1.54) is 4.90 Å². The predicted molar refractivity (Wildman–Crippen MR) is 82.2 cm³/mol. The Morgan fingerprint density at radius 2 is 1.65 bits per heavy atom. The minimum atomic E-state index is -0.854. The fourth-order valence-corrected chi connectivity index (χ4v) is 2.24. The lowest BCUT2D eigenvalue weighted by Crippen LogP contribution is -2.55. The van der Waals surface area contributed by atoms with E-state index < -0.39 is 11.8 Å². The van der Waals surface area contributed by atoms with E-state index in [2.05, 4.69) is 0 Å². The zero-order chi connectivity index (χ0) is 16.8. The molecular formula is C15H20N4O4. The summed E-state index contributed by atoms with van der Waals surface area (Å²) in [6.07, 6.45) is 0. The number of hydrazine groups is 1. The van der Waals surface area contributed by atoms with Gasteiger partial charge in [-0.15, -0.1) is 0 Å². The Morgan fingerprint density at radius 1 is 1.09 bits per heavy atom. The quantitative estimate of drug-likeness (QED) is 0.323. The summed E-state index contributed by atoms with van der Waals surface area (Å²) in [7, 11) is 0. The summed E-state index contributed by atoms with van der Waals surface area (Å²) in [6.45, 7) is 3.23. The molecule has 0 atom stereocenters. The highest BCUT2D eigenvalue weighted by Gasteiger charge is 2.27. The SMILES string of the molecule is Cc1ccc(OCC(=O)N2CCN(C(=O)C(=O)NN)CC2)cc1. The van der Waals surface area contributed by atoms with Crippen molar-refractivity contribution in [2.75, 3.05) is 32.8 Å². The molecule has 124 valence electrons. The van der Waals surface area contributed by atoms with E-state index in [1.54, 1.807) is 4.90 Å². The van der Waals surface area contributed by atoms with Crippen LogP contribution < -0.4 is 16.0 Å². The second-order valence-electron chi connectivity index (χ2n) is 5.25. The molecule has 3 amide bonds. The maximum Gasteiger partial charge on any atom is 0.323 e. The highest BCUT2D eigenvalue weighted by molar-refractivity contribution is 6.34. The summed E-state index contributed by atoms with van der Waals surface area (Å²) in [5.41, 5.74) is 2.92. The van der Waals surface area contributed by atoms with Gasteiger partial charge in [0.15, 0.2) is 6.61 Å². The molecule has 8 nitrogen and oxygen atoms in total. The first-order valence-electron chi connectivity index (χ1n) is 7.28. The topological polar surface area (TPSA) is 105 Å². The molecule has 0 spiro atoms. The summed E-state index contributed by atoms with van der Waals surface area (Å²) in [6, 6.07) is 7.44. The van der Waals surface area contributed by atoms with Crippen LogP contribution in [0.2, 0.25) is 0 Å². The monoisotopic (exact) mass is 320 g/mol. The van der Waals surface area contributed by atoms with Crippen LogP contribution >= 0.6 is 0 Å². The first kappa shape index (κ1) is 16.8. The maximum absolute atomic E-state index is 12.1. The number of nitrogens with two attached hydrogens (primary N) is 1. The van der Waals surface area contributed by atoms with Crippen molar-refractivity contribution in [3.63, 3.8) is 0 Å². The van der Waals surface area contributed by atoms with Crippen molar-refractivity contribution >= 4 is 17.7 Å². The molecule has 8 heteroatoms. The van der Waals surface area contributed by atoms with Crippen molar-refractivity contribution < 1.29 is 19.1 Å². The third-order valence-electron chi connectivity index (χ3n) is 3.63. The maximum atomic E-state index is 12.1. The number of amides is 3. The van der Waals surface area contributed by atoms with Crippen molar-refractivity contribution in [2.24, 2.45) is 5.84 Å². The smallest absolute Gasteiger partial charge is 0.323 e. The largest absolute Gasteiger partial charge is 0.484 e. The van der Waals surface area contributed by atoms with Gasteiger partial charge in [-0.2, -0.15) is 0 Å². The van der Waals surface area contributed by atoms with Crippen molar-refractivity contribution in [1.29, 1.82) is 0 Å². The van der Waals surface area contributed by atoms with E-state index in [-0.39, 0.29) is 12.5 Å². The second kappa shape index (κ2) is 7.59. The lowest BCUT2D eigenvalue weighted by atomic mass is 10.2. The van der Waals surface area contributed by atoms with Crippen LogP contribution in [0.3, 0.4) is 0 Å². The van der Waals surface area contributed by atoms with E-state index in [1.807, 2.05) is 36.6 Å². The zero-order valence-corrected chi connectivity index (χ0v) is 12.9. The van der Waals surface area contributed by atoms with Gasteiger partial charge in [-0.1, -0.05) is 17.7 Å². The molecule has 0 saturated carbocycles. The molecule has 0 bridgehead atoms. The van der Waals surface area contributed by atoms with Crippen LogP contribution in [-0.2, 0) is 14.4 Å². The third kappa shape index (κ3) is 4.43. The molecule has 1 aliphatic heterocycles. The first-order valence-corrected chi connectivity index (χ1v) is 7.28. The van der Waals surface area contributed by atoms with Gasteiger partial charge in [-0.25, -0.2) is 5.84 Å². The van der Waals surface area contributed by atoms with Gasteiger partial charge in [0.25, 0.3) is 5.91 Å². The highest BCUT2D eigenvalue weighted by Crippen LogP contribution is 2.12. The molecular weight excluding hydrogens is 300 g/mol. The molecule has 0 aliphatic carbocycles. The Kier molecular flexibility index (Phi) is 5.53. The Morgan fingerprint density at radius 3 is 2.22 bits per heavy atom. The molecule has 3 N–H and O–H groups in total.